The molecule has 4 rings (SSSR count). The fourth-order valence-electron chi connectivity index (χ4n) is 8.96. The minimum Gasteiger partial charge on any atom is -0.396 e. The molecule has 0 aromatic carbocycles. The zero-order chi connectivity index (χ0) is 25.6. The lowest BCUT2D eigenvalue weighted by molar-refractivity contribution is -0.122. The molecule has 0 aromatic heterocycles. The van der Waals surface area contributed by atoms with Crippen molar-refractivity contribution >= 4 is 0 Å². The van der Waals surface area contributed by atoms with Crippen molar-refractivity contribution in [2.75, 3.05) is 13.2 Å². The standard InChI is InChI=1S/C31H52O4/c1-20(9-7-15-29(3,4)34)24-12-13-25-23-11-10-22-19-27(33)28(35-18-8-17-32)21(2)31(22,6)26(23)14-16-30(24,25)5/h10-11,20-21,24-28,32-34H,7-9,12-19H2,1-6H3/t20-,21-,24-,25?,26-,27-,28+,30-,31-/m1/s1. The Morgan fingerprint density at radius 3 is 2.54 bits per heavy atom. The number of allylic oxidation sites excluding steroid dienone is 3. The van der Waals surface area contributed by atoms with E-state index in [0.717, 1.165) is 18.8 Å². The molecule has 0 aliphatic heterocycles. The minimum atomic E-state index is -0.559. The van der Waals surface area contributed by atoms with E-state index in [4.69, 9.17) is 4.74 Å². The highest BCUT2D eigenvalue weighted by molar-refractivity contribution is 5.40. The molecular weight excluding hydrogens is 436 g/mol. The number of ether oxygens (including phenoxy) is 1. The van der Waals surface area contributed by atoms with Crippen molar-refractivity contribution in [2.45, 2.75) is 117 Å². The van der Waals surface area contributed by atoms with Gasteiger partial charge in [0.2, 0.25) is 0 Å². The van der Waals surface area contributed by atoms with E-state index in [9.17, 15) is 15.3 Å². The molecule has 0 spiro atoms. The summed E-state index contributed by atoms with van der Waals surface area (Å²) < 4.78 is 6.18. The molecule has 35 heavy (non-hydrogen) atoms. The van der Waals surface area contributed by atoms with Crippen LogP contribution >= 0.6 is 0 Å². The van der Waals surface area contributed by atoms with Crippen molar-refractivity contribution in [1.82, 2.24) is 0 Å². The van der Waals surface area contributed by atoms with Crippen LogP contribution in [0, 0.1) is 40.4 Å². The van der Waals surface area contributed by atoms with E-state index in [1.807, 2.05) is 13.8 Å². The van der Waals surface area contributed by atoms with Crippen LogP contribution in [0.15, 0.2) is 23.3 Å². The van der Waals surface area contributed by atoms with Gasteiger partial charge in [0.25, 0.3) is 0 Å². The number of aliphatic hydroxyl groups excluding tert-OH is 2. The fourth-order valence-corrected chi connectivity index (χ4v) is 8.96. The topological polar surface area (TPSA) is 69.9 Å². The molecule has 3 N–H and O–H groups in total. The molecule has 0 bridgehead atoms. The summed E-state index contributed by atoms with van der Waals surface area (Å²) >= 11 is 0. The third-order valence-electron chi connectivity index (χ3n) is 11.1. The third kappa shape index (κ3) is 4.94. The normalized spacial score (nSPS) is 42.0. The van der Waals surface area contributed by atoms with Gasteiger partial charge < -0.3 is 20.1 Å². The predicted molar refractivity (Wildman–Crippen MR) is 142 cm³/mol. The van der Waals surface area contributed by atoms with Crippen LogP contribution in [0.4, 0.5) is 0 Å². The molecule has 9 atom stereocenters. The Kier molecular flexibility index (Phi) is 8.00. The molecule has 4 aliphatic rings. The molecule has 4 nitrogen and oxygen atoms in total. The van der Waals surface area contributed by atoms with Gasteiger partial charge in [0.1, 0.15) is 0 Å². The van der Waals surface area contributed by atoms with E-state index in [2.05, 4.69) is 39.8 Å². The van der Waals surface area contributed by atoms with Crippen molar-refractivity contribution in [3.63, 3.8) is 0 Å². The Balaban J connectivity index is 1.52. The molecule has 0 amide bonds. The summed E-state index contributed by atoms with van der Waals surface area (Å²) in [4.78, 5) is 0. The van der Waals surface area contributed by atoms with Crippen molar-refractivity contribution in [2.24, 2.45) is 40.4 Å². The van der Waals surface area contributed by atoms with Crippen molar-refractivity contribution in [3.8, 4) is 0 Å². The molecule has 3 fully saturated rings. The van der Waals surface area contributed by atoms with Gasteiger partial charge in [-0.3, -0.25) is 0 Å². The number of aliphatic hydroxyl groups is 3. The average molecular weight is 489 g/mol. The lowest BCUT2D eigenvalue weighted by atomic mass is 9.47. The summed E-state index contributed by atoms with van der Waals surface area (Å²) in [5.74, 6) is 2.89. The predicted octanol–water partition coefficient (Wildman–Crippen LogP) is 6.05. The van der Waals surface area contributed by atoms with Crippen LogP contribution in [0.2, 0.25) is 0 Å². The van der Waals surface area contributed by atoms with E-state index in [0.29, 0.717) is 42.6 Å². The highest BCUT2D eigenvalue weighted by Gasteiger charge is 2.59. The van der Waals surface area contributed by atoms with Gasteiger partial charge in [-0.2, -0.15) is 0 Å². The first-order valence-corrected chi connectivity index (χ1v) is 14.5. The maximum atomic E-state index is 10.9. The first kappa shape index (κ1) is 27.4. The zero-order valence-electron chi connectivity index (χ0n) is 23.2. The van der Waals surface area contributed by atoms with Crippen molar-refractivity contribution < 1.29 is 20.1 Å². The van der Waals surface area contributed by atoms with Gasteiger partial charge in [-0.25, -0.2) is 0 Å². The maximum absolute atomic E-state index is 10.9. The summed E-state index contributed by atoms with van der Waals surface area (Å²) in [6, 6.07) is 0. The summed E-state index contributed by atoms with van der Waals surface area (Å²) in [6.07, 6.45) is 13.8. The van der Waals surface area contributed by atoms with Crippen LogP contribution in [0.5, 0.6) is 0 Å². The molecule has 0 radical (unpaired) electrons. The highest BCUT2D eigenvalue weighted by atomic mass is 16.5. The van der Waals surface area contributed by atoms with Gasteiger partial charge in [-0.15, -0.1) is 0 Å². The van der Waals surface area contributed by atoms with E-state index >= 15 is 0 Å². The quantitative estimate of drug-likeness (QED) is 0.346. The summed E-state index contributed by atoms with van der Waals surface area (Å²) in [6.45, 7) is 14.3. The molecule has 0 aromatic rings. The van der Waals surface area contributed by atoms with Gasteiger partial charge in [-0.1, -0.05) is 63.8 Å². The van der Waals surface area contributed by atoms with Gasteiger partial charge in [0, 0.05) is 18.6 Å². The second-order valence-electron chi connectivity index (χ2n) is 13.6. The average Bonchev–Trinajstić information content (AvgIpc) is 3.14. The van der Waals surface area contributed by atoms with Gasteiger partial charge in [0.05, 0.1) is 17.8 Å². The lowest BCUT2D eigenvalue weighted by Crippen LogP contribution is -2.55. The van der Waals surface area contributed by atoms with E-state index in [1.54, 1.807) is 5.57 Å². The second kappa shape index (κ2) is 10.2. The smallest absolute Gasteiger partial charge is 0.0871 e. The molecule has 3 saturated carbocycles. The van der Waals surface area contributed by atoms with Crippen molar-refractivity contribution in [3.05, 3.63) is 23.3 Å². The molecule has 0 heterocycles. The first-order valence-electron chi connectivity index (χ1n) is 14.5. The minimum absolute atomic E-state index is 0.0327. The van der Waals surface area contributed by atoms with Crippen LogP contribution in [-0.4, -0.2) is 46.3 Å². The van der Waals surface area contributed by atoms with Crippen LogP contribution in [0.3, 0.4) is 0 Å². The molecule has 200 valence electrons. The van der Waals surface area contributed by atoms with E-state index in [1.165, 1.54) is 37.7 Å². The SMILES string of the molecule is C[C@H](CCCC(C)(C)O)[C@H]1CCC2C3=CC=C4C[C@@H](O)[C@@H](OCCCO)[C@@H](C)[C@@]4(C)[C@@H]3CC[C@@]21C. The summed E-state index contributed by atoms with van der Waals surface area (Å²) in [7, 11) is 0. The third-order valence-corrected chi connectivity index (χ3v) is 11.1. The largest absolute Gasteiger partial charge is 0.396 e. The Hall–Kier alpha value is -0.680. The second-order valence-corrected chi connectivity index (χ2v) is 13.6. The Bertz CT molecular complexity index is 809. The van der Waals surface area contributed by atoms with E-state index < -0.39 is 11.7 Å². The summed E-state index contributed by atoms with van der Waals surface area (Å²) in [5.41, 5.74) is 2.92. The zero-order valence-corrected chi connectivity index (χ0v) is 23.2. The molecule has 1 unspecified atom stereocenters. The van der Waals surface area contributed by atoms with Crippen LogP contribution in [0.25, 0.3) is 0 Å². The first-order chi connectivity index (χ1) is 16.4. The number of hydrogen-bond donors (Lipinski definition) is 3. The van der Waals surface area contributed by atoms with Gasteiger partial charge in [-0.05, 0) is 93.8 Å². The number of fused-ring (bicyclic) bond motifs is 5. The Morgan fingerprint density at radius 2 is 1.86 bits per heavy atom. The maximum Gasteiger partial charge on any atom is 0.0871 e. The van der Waals surface area contributed by atoms with Crippen LogP contribution in [-0.2, 0) is 4.74 Å². The molecule has 4 heteroatoms. The molecule has 4 aliphatic carbocycles. The van der Waals surface area contributed by atoms with Crippen LogP contribution < -0.4 is 0 Å². The monoisotopic (exact) mass is 488 g/mol. The number of hydrogen-bond acceptors (Lipinski definition) is 4. The lowest BCUT2D eigenvalue weighted by Gasteiger charge is -2.58. The van der Waals surface area contributed by atoms with E-state index in [-0.39, 0.29) is 24.0 Å². The Labute approximate surface area is 214 Å². The fraction of sp³-hybridized carbons (Fsp3) is 0.871. The van der Waals surface area contributed by atoms with Gasteiger partial charge in [0.15, 0.2) is 0 Å². The Morgan fingerprint density at radius 1 is 1.11 bits per heavy atom. The molecular formula is C31H52O4. The highest BCUT2D eigenvalue weighted by Crippen LogP contribution is 2.67. The van der Waals surface area contributed by atoms with Crippen molar-refractivity contribution in [1.29, 1.82) is 0 Å². The van der Waals surface area contributed by atoms with Gasteiger partial charge >= 0.3 is 0 Å². The number of rotatable bonds is 9. The molecule has 0 saturated heterocycles. The summed E-state index contributed by atoms with van der Waals surface area (Å²) in [5, 5.41) is 30.3. The van der Waals surface area contributed by atoms with Crippen LogP contribution in [0.1, 0.15) is 99.3 Å².